The fourth-order valence-electron chi connectivity index (χ4n) is 0.766. The summed E-state index contributed by atoms with van der Waals surface area (Å²) in [6.07, 6.45) is 0. The fourth-order valence-corrected chi connectivity index (χ4v) is 0.993. The third-order valence-electron chi connectivity index (χ3n) is 1.30. The number of rotatable bonds is 1. The molecule has 0 atom stereocenters. The summed E-state index contributed by atoms with van der Waals surface area (Å²) in [6, 6.07) is 2.17. The lowest BCUT2D eigenvalue weighted by molar-refractivity contribution is 0.0692. The summed E-state index contributed by atoms with van der Waals surface area (Å²) in [4.78, 5) is 10.4. The lowest BCUT2D eigenvalue weighted by Gasteiger charge is -2.01. The van der Waals surface area contributed by atoms with Gasteiger partial charge in [-0.15, -0.1) is 0 Å². The maximum absolute atomic E-state index is 12.9. The number of hydrogen-bond acceptors (Lipinski definition) is 2. The van der Waals surface area contributed by atoms with Crippen LogP contribution in [0.1, 0.15) is 10.4 Å². The van der Waals surface area contributed by atoms with Crippen LogP contribution in [0, 0.1) is 5.82 Å². The molecule has 0 radical (unpaired) electrons. The molecule has 0 heterocycles. The van der Waals surface area contributed by atoms with E-state index in [1.54, 1.807) is 0 Å². The van der Waals surface area contributed by atoms with Gasteiger partial charge in [-0.1, -0.05) is 11.6 Å². The molecule has 1 aromatic rings. The molecule has 0 aliphatic rings. The molecule has 0 saturated heterocycles. The van der Waals surface area contributed by atoms with Crippen molar-refractivity contribution in [1.82, 2.24) is 0 Å². The van der Waals surface area contributed by atoms with E-state index in [-0.39, 0.29) is 10.7 Å². The molecule has 3 N–H and O–H groups in total. The molecule has 5 heteroatoms. The van der Waals surface area contributed by atoms with Crippen LogP contribution < -0.4 is 5.73 Å². The molecule has 1 rings (SSSR count). The van der Waals surface area contributed by atoms with Crippen LogP contribution in [0.25, 0.3) is 0 Å². The molecule has 0 spiro atoms. The lowest BCUT2D eigenvalue weighted by atomic mass is 10.2. The van der Waals surface area contributed by atoms with E-state index in [2.05, 4.69) is 0 Å². The SMILES string of the molecule is Nc1cc(Cl)cc(C(=O)O)c1F. The largest absolute Gasteiger partial charge is 0.478 e. The van der Waals surface area contributed by atoms with Crippen molar-refractivity contribution in [3.05, 3.63) is 28.5 Å². The van der Waals surface area contributed by atoms with Crippen LogP contribution >= 0.6 is 11.6 Å². The number of anilines is 1. The van der Waals surface area contributed by atoms with E-state index in [0.717, 1.165) is 12.1 Å². The van der Waals surface area contributed by atoms with Crippen molar-refractivity contribution >= 4 is 23.3 Å². The maximum atomic E-state index is 12.9. The quantitative estimate of drug-likeness (QED) is 0.662. The van der Waals surface area contributed by atoms with Crippen molar-refractivity contribution in [2.24, 2.45) is 0 Å². The smallest absolute Gasteiger partial charge is 0.338 e. The molecule has 0 aromatic heterocycles. The first kappa shape index (κ1) is 8.80. The number of carboxylic acid groups (broad SMARTS) is 1. The first-order valence-corrected chi connectivity index (χ1v) is 3.38. The summed E-state index contributed by atoms with van der Waals surface area (Å²) in [5.41, 5.74) is 4.36. The van der Waals surface area contributed by atoms with E-state index >= 15 is 0 Å². The van der Waals surface area contributed by atoms with Crippen LogP contribution in [0.5, 0.6) is 0 Å². The first-order chi connectivity index (χ1) is 5.52. The molecule has 0 bridgehead atoms. The average Bonchev–Trinajstić information content (AvgIpc) is 1.96. The molecule has 0 amide bonds. The van der Waals surface area contributed by atoms with Gasteiger partial charge in [0, 0.05) is 5.02 Å². The van der Waals surface area contributed by atoms with E-state index in [4.69, 9.17) is 22.4 Å². The number of carboxylic acids is 1. The van der Waals surface area contributed by atoms with E-state index < -0.39 is 17.3 Å². The van der Waals surface area contributed by atoms with Gasteiger partial charge in [0.15, 0.2) is 5.82 Å². The van der Waals surface area contributed by atoms with E-state index in [1.807, 2.05) is 0 Å². The van der Waals surface area contributed by atoms with Crippen molar-refractivity contribution in [3.63, 3.8) is 0 Å². The monoisotopic (exact) mass is 189 g/mol. The Morgan fingerprint density at radius 3 is 2.67 bits per heavy atom. The number of halogens is 2. The van der Waals surface area contributed by atoms with Crippen LogP contribution in [0.3, 0.4) is 0 Å². The average molecular weight is 190 g/mol. The van der Waals surface area contributed by atoms with Gasteiger partial charge in [-0.3, -0.25) is 0 Å². The zero-order valence-electron chi connectivity index (χ0n) is 5.84. The Labute approximate surface area is 72.6 Å². The zero-order chi connectivity index (χ0) is 9.30. The van der Waals surface area contributed by atoms with Gasteiger partial charge in [-0.2, -0.15) is 0 Å². The van der Waals surface area contributed by atoms with Gasteiger partial charge in [0.25, 0.3) is 0 Å². The Hall–Kier alpha value is -1.29. The maximum Gasteiger partial charge on any atom is 0.338 e. The minimum Gasteiger partial charge on any atom is -0.478 e. The molecule has 0 saturated carbocycles. The highest BCUT2D eigenvalue weighted by atomic mass is 35.5. The molecule has 0 aliphatic heterocycles. The molecule has 1 aromatic carbocycles. The van der Waals surface area contributed by atoms with Gasteiger partial charge in [0.2, 0.25) is 0 Å². The summed E-state index contributed by atoms with van der Waals surface area (Å²) in [6.45, 7) is 0. The number of aromatic carboxylic acids is 1. The van der Waals surface area contributed by atoms with Crippen molar-refractivity contribution in [1.29, 1.82) is 0 Å². The molecular weight excluding hydrogens is 185 g/mol. The zero-order valence-corrected chi connectivity index (χ0v) is 6.60. The topological polar surface area (TPSA) is 63.3 Å². The summed E-state index contributed by atoms with van der Waals surface area (Å²) in [5.74, 6) is -2.34. The number of benzene rings is 1. The van der Waals surface area contributed by atoms with Gasteiger partial charge in [-0.05, 0) is 12.1 Å². The molecule has 0 unspecified atom stereocenters. The molecule has 0 aliphatic carbocycles. The fraction of sp³-hybridized carbons (Fsp3) is 0. The summed E-state index contributed by atoms with van der Waals surface area (Å²) in [5, 5.41) is 8.56. The lowest BCUT2D eigenvalue weighted by Crippen LogP contribution is -2.03. The Bertz CT molecular complexity index is 340. The molecule has 64 valence electrons. The van der Waals surface area contributed by atoms with Gasteiger partial charge in [-0.25, -0.2) is 9.18 Å². The van der Waals surface area contributed by atoms with Gasteiger partial charge in [0.05, 0.1) is 11.3 Å². The van der Waals surface area contributed by atoms with Crippen molar-refractivity contribution in [2.45, 2.75) is 0 Å². The first-order valence-electron chi connectivity index (χ1n) is 3.00. The predicted molar refractivity (Wildman–Crippen MR) is 42.8 cm³/mol. The second-order valence-corrected chi connectivity index (χ2v) is 2.60. The van der Waals surface area contributed by atoms with Crippen molar-refractivity contribution in [3.8, 4) is 0 Å². The molecule has 3 nitrogen and oxygen atoms in total. The minimum absolute atomic E-state index is 0.103. The summed E-state index contributed by atoms with van der Waals surface area (Å²) in [7, 11) is 0. The Balaban J connectivity index is 3.37. The number of nitrogens with two attached hydrogens (primary N) is 1. The minimum atomic E-state index is -1.39. The van der Waals surface area contributed by atoms with Crippen LogP contribution in [-0.2, 0) is 0 Å². The van der Waals surface area contributed by atoms with Gasteiger partial charge < -0.3 is 10.8 Å². The third kappa shape index (κ3) is 1.48. The number of carbonyl (C=O) groups is 1. The van der Waals surface area contributed by atoms with Crippen LogP contribution in [0.15, 0.2) is 12.1 Å². The Morgan fingerprint density at radius 2 is 2.17 bits per heavy atom. The Morgan fingerprint density at radius 1 is 1.58 bits per heavy atom. The molecular formula is C7H5ClFNO2. The van der Waals surface area contributed by atoms with E-state index in [9.17, 15) is 9.18 Å². The highest BCUT2D eigenvalue weighted by Gasteiger charge is 2.13. The normalized spacial score (nSPS) is 9.83. The standard InChI is InChI=1S/C7H5ClFNO2/c8-3-1-4(7(11)12)6(9)5(10)2-3/h1-2H,10H2,(H,11,12). The predicted octanol–water partition coefficient (Wildman–Crippen LogP) is 1.76. The number of nitrogen functional groups attached to an aromatic ring is 1. The molecule has 0 fully saturated rings. The van der Waals surface area contributed by atoms with Gasteiger partial charge in [0.1, 0.15) is 0 Å². The van der Waals surface area contributed by atoms with E-state index in [1.165, 1.54) is 0 Å². The summed E-state index contributed by atoms with van der Waals surface area (Å²) < 4.78 is 12.9. The van der Waals surface area contributed by atoms with E-state index in [0.29, 0.717) is 0 Å². The highest BCUT2D eigenvalue weighted by Crippen LogP contribution is 2.21. The number of hydrogen-bond donors (Lipinski definition) is 2. The molecule has 12 heavy (non-hydrogen) atoms. The highest BCUT2D eigenvalue weighted by molar-refractivity contribution is 6.31. The second-order valence-electron chi connectivity index (χ2n) is 2.16. The van der Waals surface area contributed by atoms with Crippen molar-refractivity contribution < 1.29 is 14.3 Å². The van der Waals surface area contributed by atoms with Gasteiger partial charge >= 0.3 is 5.97 Å². The Kier molecular flexibility index (Phi) is 2.19. The van der Waals surface area contributed by atoms with Crippen LogP contribution in [0.2, 0.25) is 5.02 Å². The van der Waals surface area contributed by atoms with Crippen LogP contribution in [0.4, 0.5) is 10.1 Å². The second kappa shape index (κ2) is 2.98. The van der Waals surface area contributed by atoms with Crippen molar-refractivity contribution in [2.75, 3.05) is 5.73 Å². The van der Waals surface area contributed by atoms with Crippen LogP contribution in [-0.4, -0.2) is 11.1 Å². The summed E-state index contributed by atoms with van der Waals surface area (Å²) >= 11 is 5.46. The third-order valence-corrected chi connectivity index (χ3v) is 1.51.